The highest BCUT2D eigenvalue weighted by Gasteiger charge is 2.24. The molecule has 0 amide bonds. The van der Waals surface area contributed by atoms with Crippen LogP contribution in [0.4, 0.5) is 4.39 Å². The van der Waals surface area contributed by atoms with E-state index in [0.717, 1.165) is 19.3 Å². The Morgan fingerprint density at radius 3 is 2.78 bits per heavy atom. The van der Waals surface area contributed by atoms with Crippen LogP contribution in [0.2, 0.25) is 0 Å². The lowest BCUT2D eigenvalue weighted by molar-refractivity contribution is 0.0978. The van der Waals surface area contributed by atoms with Gasteiger partial charge < -0.3 is 4.74 Å². The van der Waals surface area contributed by atoms with Crippen LogP contribution in [0.5, 0.6) is 5.75 Å². The fraction of sp³-hybridized carbons (Fsp3) is 0.500. The summed E-state index contributed by atoms with van der Waals surface area (Å²) in [6.07, 6.45) is 4.53. The largest absolute Gasteiger partial charge is 0.487 e. The van der Waals surface area contributed by atoms with Crippen LogP contribution < -0.4 is 4.74 Å². The zero-order valence-electron chi connectivity index (χ0n) is 10.2. The van der Waals surface area contributed by atoms with Crippen molar-refractivity contribution in [1.29, 1.82) is 5.26 Å². The summed E-state index contributed by atoms with van der Waals surface area (Å²) in [5.74, 6) is 0.207. The van der Waals surface area contributed by atoms with Crippen LogP contribution in [0.1, 0.15) is 38.2 Å². The average Bonchev–Trinajstić information content (AvgIpc) is 2.38. The number of rotatable bonds is 2. The van der Waals surface area contributed by atoms with Crippen LogP contribution in [-0.2, 0) is 0 Å². The number of hydrogen-bond donors (Lipinski definition) is 0. The minimum atomic E-state index is -0.480. The lowest BCUT2D eigenvalue weighted by Gasteiger charge is -2.29. The second-order valence-corrected chi connectivity index (χ2v) is 5.56. The summed E-state index contributed by atoms with van der Waals surface area (Å²) in [5, 5.41) is 8.81. The number of nitriles is 1. The summed E-state index contributed by atoms with van der Waals surface area (Å²) in [7, 11) is 0. The second kappa shape index (κ2) is 5.71. The monoisotopic (exact) mass is 311 g/mol. The quantitative estimate of drug-likeness (QED) is 0.810. The summed E-state index contributed by atoms with van der Waals surface area (Å²) in [4.78, 5) is 0. The van der Waals surface area contributed by atoms with Crippen LogP contribution in [0, 0.1) is 23.1 Å². The molecule has 4 heteroatoms. The van der Waals surface area contributed by atoms with Crippen molar-refractivity contribution >= 4 is 15.9 Å². The molecule has 1 fully saturated rings. The van der Waals surface area contributed by atoms with E-state index in [0.29, 0.717) is 5.92 Å². The van der Waals surface area contributed by atoms with E-state index < -0.39 is 5.82 Å². The number of hydrogen-bond acceptors (Lipinski definition) is 2. The van der Waals surface area contributed by atoms with Crippen LogP contribution >= 0.6 is 15.9 Å². The fourth-order valence-corrected chi connectivity index (χ4v) is 2.75. The van der Waals surface area contributed by atoms with Gasteiger partial charge in [-0.15, -0.1) is 0 Å². The van der Waals surface area contributed by atoms with E-state index in [4.69, 9.17) is 10.00 Å². The Morgan fingerprint density at radius 1 is 1.39 bits per heavy atom. The van der Waals surface area contributed by atoms with Gasteiger partial charge in [-0.2, -0.15) is 5.26 Å². The lowest BCUT2D eigenvalue weighted by atomic mass is 9.88. The molecule has 1 aliphatic carbocycles. The smallest absolute Gasteiger partial charge is 0.180 e. The number of nitrogens with zero attached hydrogens (tertiary/aromatic N) is 1. The Hall–Kier alpha value is -1.08. The Morgan fingerprint density at radius 2 is 2.11 bits per heavy atom. The van der Waals surface area contributed by atoms with Gasteiger partial charge in [-0.05, 0) is 53.2 Å². The molecule has 0 radical (unpaired) electrons. The van der Waals surface area contributed by atoms with Gasteiger partial charge in [0.15, 0.2) is 11.6 Å². The highest BCUT2D eigenvalue weighted by molar-refractivity contribution is 9.10. The maximum atomic E-state index is 14.0. The van der Waals surface area contributed by atoms with E-state index in [2.05, 4.69) is 22.9 Å². The first-order valence-corrected chi connectivity index (χ1v) is 6.97. The third kappa shape index (κ3) is 2.67. The predicted octanol–water partition coefficient (Wildman–Crippen LogP) is 4.42. The zero-order chi connectivity index (χ0) is 13.1. The van der Waals surface area contributed by atoms with Crippen LogP contribution in [0.3, 0.4) is 0 Å². The van der Waals surface area contributed by atoms with Gasteiger partial charge in [0.1, 0.15) is 12.2 Å². The molecule has 0 saturated heterocycles. The van der Waals surface area contributed by atoms with Gasteiger partial charge in [-0.3, -0.25) is 0 Å². The number of ether oxygens (including phenoxy) is 1. The van der Waals surface area contributed by atoms with Crippen molar-refractivity contribution in [3.8, 4) is 11.8 Å². The molecule has 1 saturated carbocycles. The zero-order valence-corrected chi connectivity index (χ0v) is 11.8. The molecule has 0 bridgehead atoms. The van der Waals surface area contributed by atoms with Gasteiger partial charge in [-0.1, -0.05) is 13.3 Å². The molecule has 0 aliphatic heterocycles. The molecule has 0 aromatic heterocycles. The Bertz CT molecular complexity index is 483. The normalized spacial score (nSPS) is 23.4. The average molecular weight is 312 g/mol. The summed E-state index contributed by atoms with van der Waals surface area (Å²) in [6.45, 7) is 2.14. The van der Waals surface area contributed by atoms with E-state index in [1.807, 2.05) is 6.07 Å². The van der Waals surface area contributed by atoms with Crippen molar-refractivity contribution in [2.75, 3.05) is 0 Å². The second-order valence-electron chi connectivity index (χ2n) is 4.77. The molecule has 0 spiro atoms. The molecule has 2 unspecified atom stereocenters. The minimum Gasteiger partial charge on any atom is -0.487 e. The first kappa shape index (κ1) is 13.4. The first-order chi connectivity index (χ1) is 8.63. The molecule has 1 aromatic carbocycles. The topological polar surface area (TPSA) is 33.0 Å². The van der Waals surface area contributed by atoms with Crippen LogP contribution in [-0.4, -0.2) is 6.10 Å². The first-order valence-electron chi connectivity index (χ1n) is 6.18. The van der Waals surface area contributed by atoms with Crippen molar-refractivity contribution < 1.29 is 9.13 Å². The third-order valence-corrected chi connectivity index (χ3v) is 4.25. The maximum absolute atomic E-state index is 14.0. The highest BCUT2D eigenvalue weighted by Crippen LogP contribution is 2.32. The van der Waals surface area contributed by atoms with E-state index in [1.165, 1.54) is 6.42 Å². The molecule has 0 N–H and O–H groups in total. The van der Waals surface area contributed by atoms with E-state index in [-0.39, 0.29) is 21.9 Å². The Balaban J connectivity index is 2.19. The Labute approximate surface area is 115 Å². The van der Waals surface area contributed by atoms with Crippen molar-refractivity contribution in [2.24, 2.45) is 5.92 Å². The predicted molar refractivity (Wildman–Crippen MR) is 70.9 cm³/mol. The summed E-state index contributed by atoms with van der Waals surface area (Å²) < 4.78 is 20.0. The summed E-state index contributed by atoms with van der Waals surface area (Å²) >= 11 is 3.09. The van der Waals surface area contributed by atoms with Gasteiger partial charge in [0.25, 0.3) is 0 Å². The number of halogens is 2. The van der Waals surface area contributed by atoms with E-state index in [9.17, 15) is 4.39 Å². The highest BCUT2D eigenvalue weighted by atomic mass is 79.9. The molecule has 18 heavy (non-hydrogen) atoms. The fourth-order valence-electron chi connectivity index (χ4n) is 2.33. The Kier molecular flexibility index (Phi) is 4.23. The van der Waals surface area contributed by atoms with Crippen molar-refractivity contribution in [3.05, 3.63) is 28.0 Å². The summed E-state index contributed by atoms with van der Waals surface area (Å²) in [6, 6.07) is 5.05. The lowest BCUT2D eigenvalue weighted by Crippen LogP contribution is -2.28. The van der Waals surface area contributed by atoms with Crippen molar-refractivity contribution in [3.63, 3.8) is 0 Å². The van der Waals surface area contributed by atoms with Crippen LogP contribution in [0.15, 0.2) is 16.6 Å². The van der Waals surface area contributed by atoms with E-state index >= 15 is 0 Å². The molecule has 2 atom stereocenters. The molecule has 2 rings (SSSR count). The molecule has 2 nitrogen and oxygen atoms in total. The van der Waals surface area contributed by atoms with Gasteiger partial charge in [0, 0.05) is 0 Å². The summed E-state index contributed by atoms with van der Waals surface area (Å²) in [5.41, 5.74) is 0.288. The number of benzene rings is 1. The molecule has 96 valence electrons. The van der Waals surface area contributed by atoms with Crippen molar-refractivity contribution in [1.82, 2.24) is 0 Å². The SMILES string of the molecule is CC1CCCCC1Oc1ccc(C#N)c(Br)c1F. The minimum absolute atomic E-state index is 0.0769. The standard InChI is InChI=1S/C14H15BrFNO/c1-9-4-2-3-5-11(9)18-12-7-6-10(8-17)13(15)14(12)16/h6-7,9,11H,2-5H2,1H3. The van der Waals surface area contributed by atoms with Crippen molar-refractivity contribution in [2.45, 2.75) is 38.7 Å². The van der Waals surface area contributed by atoms with Gasteiger partial charge >= 0.3 is 0 Å². The molecule has 1 aromatic rings. The van der Waals surface area contributed by atoms with E-state index in [1.54, 1.807) is 12.1 Å². The molecule has 0 heterocycles. The molecule has 1 aliphatic rings. The third-order valence-electron chi connectivity index (χ3n) is 3.48. The maximum Gasteiger partial charge on any atom is 0.180 e. The van der Waals surface area contributed by atoms with Gasteiger partial charge in [0.2, 0.25) is 0 Å². The van der Waals surface area contributed by atoms with Gasteiger partial charge in [-0.25, -0.2) is 4.39 Å². The molecular weight excluding hydrogens is 297 g/mol. The molecular formula is C14H15BrFNO. The van der Waals surface area contributed by atoms with Gasteiger partial charge in [0.05, 0.1) is 10.0 Å². The van der Waals surface area contributed by atoms with Crippen LogP contribution in [0.25, 0.3) is 0 Å².